The van der Waals surface area contributed by atoms with Crippen molar-refractivity contribution < 1.29 is 14.4 Å². The molecule has 1 N–H and O–H groups in total. The highest BCUT2D eigenvalue weighted by Crippen LogP contribution is 2.23. The number of rotatable bonds is 9. The first-order valence-corrected chi connectivity index (χ1v) is 11.4. The van der Waals surface area contributed by atoms with Crippen LogP contribution in [-0.2, 0) is 11.3 Å². The fraction of sp³-hybridized carbons (Fsp3) is 0.250. The fourth-order valence-electron chi connectivity index (χ4n) is 3.71. The van der Waals surface area contributed by atoms with E-state index >= 15 is 0 Å². The van der Waals surface area contributed by atoms with E-state index in [1.54, 1.807) is 47.3 Å². The summed E-state index contributed by atoms with van der Waals surface area (Å²) < 4.78 is 1.66. The molecule has 1 aromatic heterocycles. The summed E-state index contributed by atoms with van der Waals surface area (Å²) in [5.74, 6) is -0.370. The number of fused-ring (bicyclic) bond motifs is 1. The van der Waals surface area contributed by atoms with Gasteiger partial charge in [-0.05, 0) is 42.7 Å². The number of anilines is 1. The summed E-state index contributed by atoms with van der Waals surface area (Å²) in [4.78, 5) is 38.3. The van der Waals surface area contributed by atoms with E-state index in [4.69, 9.17) is 23.2 Å². The van der Waals surface area contributed by atoms with Crippen LogP contribution in [0.4, 0.5) is 5.82 Å². The van der Waals surface area contributed by atoms with Gasteiger partial charge in [0.15, 0.2) is 5.82 Å². The number of imide groups is 1. The van der Waals surface area contributed by atoms with Gasteiger partial charge in [-0.15, -0.1) is 0 Å². The van der Waals surface area contributed by atoms with E-state index in [1.807, 2.05) is 12.1 Å². The van der Waals surface area contributed by atoms with Gasteiger partial charge in [0.25, 0.3) is 11.8 Å². The van der Waals surface area contributed by atoms with Crippen LogP contribution in [0.2, 0.25) is 10.0 Å². The zero-order chi connectivity index (χ0) is 23.4. The molecule has 0 radical (unpaired) electrons. The van der Waals surface area contributed by atoms with Gasteiger partial charge in [-0.1, -0.05) is 53.9 Å². The predicted octanol–water partition coefficient (Wildman–Crippen LogP) is 5.03. The molecule has 170 valence electrons. The van der Waals surface area contributed by atoms with E-state index in [1.165, 1.54) is 4.90 Å². The molecule has 0 fully saturated rings. The minimum absolute atomic E-state index is 0.186. The van der Waals surface area contributed by atoms with E-state index in [9.17, 15) is 14.4 Å². The van der Waals surface area contributed by atoms with Crippen LogP contribution in [0.3, 0.4) is 0 Å². The second-order valence-corrected chi connectivity index (χ2v) is 8.66. The smallest absolute Gasteiger partial charge is 0.261 e. The number of carbonyl (C=O) groups excluding carboxylic acids is 3. The number of amides is 3. The number of hydrogen-bond donors (Lipinski definition) is 1. The third kappa shape index (κ3) is 5.43. The topological polar surface area (TPSA) is 84.3 Å². The molecular weight excluding hydrogens is 463 g/mol. The van der Waals surface area contributed by atoms with Crippen LogP contribution in [0.5, 0.6) is 0 Å². The van der Waals surface area contributed by atoms with Crippen LogP contribution in [0.25, 0.3) is 0 Å². The average molecular weight is 485 g/mol. The van der Waals surface area contributed by atoms with Gasteiger partial charge >= 0.3 is 0 Å². The molecule has 1 aliphatic heterocycles. The average Bonchev–Trinajstić information content (AvgIpc) is 3.26. The maximum absolute atomic E-state index is 12.4. The second-order valence-electron chi connectivity index (χ2n) is 7.82. The summed E-state index contributed by atoms with van der Waals surface area (Å²) in [5, 5.41) is 8.10. The summed E-state index contributed by atoms with van der Waals surface area (Å²) in [5.41, 5.74) is 1.91. The lowest BCUT2D eigenvalue weighted by Gasteiger charge is -2.13. The Morgan fingerprint density at radius 2 is 1.58 bits per heavy atom. The van der Waals surface area contributed by atoms with Crippen LogP contribution >= 0.6 is 23.2 Å². The summed E-state index contributed by atoms with van der Waals surface area (Å²) in [7, 11) is 0. The first kappa shape index (κ1) is 23.0. The molecule has 0 bridgehead atoms. The Labute approximate surface area is 201 Å². The lowest BCUT2D eigenvalue weighted by molar-refractivity contribution is -0.116. The number of benzene rings is 2. The molecule has 0 aliphatic carbocycles. The van der Waals surface area contributed by atoms with Crippen LogP contribution < -0.4 is 5.32 Å². The largest absolute Gasteiger partial charge is 0.308 e. The van der Waals surface area contributed by atoms with Gasteiger partial charge in [0.05, 0.1) is 17.7 Å². The van der Waals surface area contributed by atoms with Gasteiger partial charge < -0.3 is 5.32 Å². The Bertz CT molecular complexity index is 1160. The van der Waals surface area contributed by atoms with E-state index < -0.39 is 0 Å². The molecule has 1 aliphatic rings. The van der Waals surface area contributed by atoms with Crippen molar-refractivity contribution in [2.24, 2.45) is 0 Å². The first-order chi connectivity index (χ1) is 15.9. The normalized spacial score (nSPS) is 12.8. The SMILES string of the molecule is O=C(CCCCCN1C(=O)c2ccccc2C1=O)Nc1nn(Cc2ccc(Cl)cc2)cc1Cl. The summed E-state index contributed by atoms with van der Waals surface area (Å²) in [6, 6.07) is 14.2. The minimum atomic E-state index is -0.253. The molecule has 0 atom stereocenters. The molecule has 3 aromatic rings. The first-order valence-electron chi connectivity index (χ1n) is 10.6. The van der Waals surface area contributed by atoms with Crippen LogP contribution in [-0.4, -0.2) is 38.9 Å². The van der Waals surface area contributed by atoms with Gasteiger partial charge in [0, 0.05) is 24.2 Å². The third-order valence-electron chi connectivity index (χ3n) is 5.40. The van der Waals surface area contributed by atoms with Gasteiger partial charge in [-0.3, -0.25) is 24.0 Å². The van der Waals surface area contributed by atoms with Gasteiger partial charge in [-0.2, -0.15) is 5.10 Å². The highest BCUT2D eigenvalue weighted by molar-refractivity contribution is 6.33. The second kappa shape index (κ2) is 10.2. The number of hydrogen-bond acceptors (Lipinski definition) is 4. The lowest BCUT2D eigenvalue weighted by atomic mass is 10.1. The van der Waals surface area contributed by atoms with Crippen molar-refractivity contribution in [3.05, 3.63) is 81.5 Å². The molecule has 2 heterocycles. The quantitative estimate of drug-likeness (QED) is 0.340. The number of nitrogens with zero attached hydrogens (tertiary/aromatic N) is 3. The standard InChI is InChI=1S/C24H22Cl2N4O3/c25-17-11-9-16(10-12-17)14-29-15-20(26)22(28-29)27-21(31)8-2-1-5-13-30-23(32)18-6-3-4-7-19(18)24(30)33/h3-4,6-7,9-12,15H,1-2,5,8,13-14H2,(H,27,28,31). The van der Waals surface area contributed by atoms with Crippen molar-refractivity contribution in [3.8, 4) is 0 Å². The van der Waals surface area contributed by atoms with Crippen molar-refractivity contribution >= 4 is 46.7 Å². The lowest BCUT2D eigenvalue weighted by Crippen LogP contribution is -2.30. The van der Waals surface area contributed by atoms with Crippen LogP contribution in [0.1, 0.15) is 52.0 Å². The Morgan fingerprint density at radius 1 is 0.909 bits per heavy atom. The summed E-state index contributed by atoms with van der Waals surface area (Å²) in [6.45, 7) is 0.847. The zero-order valence-electron chi connectivity index (χ0n) is 17.8. The number of nitrogens with one attached hydrogen (secondary N) is 1. The summed E-state index contributed by atoms with van der Waals surface area (Å²) >= 11 is 12.1. The number of halogens is 2. The van der Waals surface area contributed by atoms with E-state index in [-0.39, 0.29) is 17.7 Å². The van der Waals surface area contributed by atoms with Gasteiger partial charge in [-0.25, -0.2) is 0 Å². The van der Waals surface area contributed by atoms with Gasteiger partial charge in [0.1, 0.15) is 5.02 Å². The molecule has 7 nitrogen and oxygen atoms in total. The highest BCUT2D eigenvalue weighted by atomic mass is 35.5. The van der Waals surface area contributed by atoms with Crippen molar-refractivity contribution in [1.29, 1.82) is 0 Å². The van der Waals surface area contributed by atoms with Gasteiger partial charge in [0.2, 0.25) is 5.91 Å². The molecule has 9 heteroatoms. The van der Waals surface area contributed by atoms with E-state index in [0.717, 1.165) is 5.56 Å². The Morgan fingerprint density at radius 3 is 2.24 bits per heavy atom. The van der Waals surface area contributed by atoms with Crippen LogP contribution in [0, 0.1) is 0 Å². The minimum Gasteiger partial charge on any atom is -0.308 e. The molecule has 0 spiro atoms. The Balaban J connectivity index is 1.20. The third-order valence-corrected chi connectivity index (χ3v) is 5.93. The maximum Gasteiger partial charge on any atom is 0.261 e. The van der Waals surface area contributed by atoms with Crippen molar-refractivity contribution in [2.75, 3.05) is 11.9 Å². The van der Waals surface area contributed by atoms with E-state index in [2.05, 4.69) is 10.4 Å². The Hall–Kier alpha value is -3.16. The van der Waals surface area contributed by atoms with E-state index in [0.29, 0.717) is 65.8 Å². The van der Waals surface area contributed by atoms with Crippen molar-refractivity contribution in [1.82, 2.24) is 14.7 Å². The number of unbranched alkanes of at least 4 members (excludes halogenated alkanes) is 2. The molecule has 3 amide bonds. The Kier molecular flexibility index (Phi) is 7.11. The molecule has 4 rings (SSSR count). The molecule has 33 heavy (non-hydrogen) atoms. The predicted molar refractivity (Wildman–Crippen MR) is 127 cm³/mol. The molecule has 0 unspecified atom stereocenters. The molecule has 0 saturated carbocycles. The highest BCUT2D eigenvalue weighted by Gasteiger charge is 2.34. The maximum atomic E-state index is 12.4. The van der Waals surface area contributed by atoms with Crippen molar-refractivity contribution in [2.45, 2.75) is 32.2 Å². The number of carbonyl (C=O) groups is 3. The summed E-state index contributed by atoms with van der Waals surface area (Å²) in [6.07, 6.45) is 3.92. The van der Waals surface area contributed by atoms with Crippen molar-refractivity contribution in [3.63, 3.8) is 0 Å². The monoisotopic (exact) mass is 484 g/mol. The molecule has 2 aromatic carbocycles. The molecular formula is C24H22Cl2N4O3. The fourth-order valence-corrected chi connectivity index (χ4v) is 4.03. The zero-order valence-corrected chi connectivity index (χ0v) is 19.3. The molecule has 0 saturated heterocycles. The van der Waals surface area contributed by atoms with Crippen LogP contribution in [0.15, 0.2) is 54.7 Å². The number of aromatic nitrogens is 2.